The van der Waals surface area contributed by atoms with Crippen LogP contribution in [0.2, 0.25) is 0 Å². The fourth-order valence-corrected chi connectivity index (χ4v) is 1.92. The molecule has 1 heterocycles. The molecule has 3 nitrogen and oxygen atoms in total. The van der Waals surface area contributed by atoms with E-state index in [2.05, 4.69) is 40.1 Å². The van der Waals surface area contributed by atoms with Crippen LogP contribution in [-0.4, -0.2) is 23.2 Å². The number of rotatable bonds is 6. The predicted molar refractivity (Wildman–Crippen MR) is 75.3 cm³/mol. The van der Waals surface area contributed by atoms with Crippen molar-refractivity contribution < 1.29 is 5.11 Å². The molecule has 0 aliphatic heterocycles. The number of aliphatic hydroxyl groups excluding tert-OH is 1. The van der Waals surface area contributed by atoms with Crippen LogP contribution >= 0.6 is 15.9 Å². The third kappa shape index (κ3) is 3.68. The minimum absolute atomic E-state index is 0.0390. The number of aliphatic hydroxyl groups is 1. The van der Waals surface area contributed by atoms with Gasteiger partial charge in [-0.3, -0.25) is 0 Å². The van der Waals surface area contributed by atoms with Crippen LogP contribution in [0.1, 0.15) is 32.4 Å². The van der Waals surface area contributed by atoms with Crippen molar-refractivity contribution in [3.8, 4) is 0 Å². The van der Waals surface area contributed by atoms with E-state index in [9.17, 15) is 5.11 Å². The molecular weight excluding hydrogens is 280 g/mol. The lowest BCUT2D eigenvalue weighted by molar-refractivity contribution is 0.127. The molecule has 0 aliphatic rings. The fourth-order valence-electron chi connectivity index (χ4n) is 1.70. The minimum Gasteiger partial charge on any atom is -0.396 e. The van der Waals surface area contributed by atoms with Gasteiger partial charge in [-0.15, -0.1) is 0 Å². The van der Waals surface area contributed by atoms with Crippen LogP contribution in [0, 0.1) is 12.3 Å². The number of aromatic nitrogens is 1. The summed E-state index contributed by atoms with van der Waals surface area (Å²) in [6.45, 7) is 7.16. The molecule has 0 aromatic carbocycles. The van der Waals surface area contributed by atoms with Crippen LogP contribution in [-0.2, 0) is 0 Å². The molecule has 0 atom stereocenters. The van der Waals surface area contributed by atoms with E-state index in [1.54, 1.807) is 0 Å². The fraction of sp³-hybridized carbons (Fsp3) is 0.615. The third-order valence-electron chi connectivity index (χ3n) is 3.50. The Labute approximate surface area is 112 Å². The second-order valence-corrected chi connectivity index (χ2v) is 5.34. The topological polar surface area (TPSA) is 45.1 Å². The van der Waals surface area contributed by atoms with Crippen molar-refractivity contribution in [3.63, 3.8) is 0 Å². The van der Waals surface area contributed by atoms with Gasteiger partial charge in [-0.05, 0) is 47.8 Å². The molecule has 0 spiro atoms. The zero-order valence-electron chi connectivity index (χ0n) is 10.8. The number of nitrogens with zero attached hydrogens (tertiary/aromatic N) is 1. The second kappa shape index (κ2) is 6.36. The van der Waals surface area contributed by atoms with Crippen LogP contribution in [0.25, 0.3) is 0 Å². The maximum absolute atomic E-state index is 9.49. The van der Waals surface area contributed by atoms with Gasteiger partial charge in [-0.1, -0.05) is 13.8 Å². The van der Waals surface area contributed by atoms with E-state index in [-0.39, 0.29) is 12.0 Å². The van der Waals surface area contributed by atoms with E-state index in [4.69, 9.17) is 0 Å². The van der Waals surface area contributed by atoms with Crippen molar-refractivity contribution in [1.29, 1.82) is 0 Å². The number of hydrogen-bond donors (Lipinski definition) is 2. The molecule has 0 amide bonds. The second-order valence-electron chi connectivity index (χ2n) is 4.48. The quantitative estimate of drug-likeness (QED) is 0.847. The first kappa shape index (κ1) is 14.5. The van der Waals surface area contributed by atoms with E-state index in [1.807, 2.05) is 19.1 Å². The molecule has 17 heavy (non-hydrogen) atoms. The summed E-state index contributed by atoms with van der Waals surface area (Å²) >= 11 is 3.43. The van der Waals surface area contributed by atoms with Crippen LogP contribution < -0.4 is 5.32 Å². The minimum atomic E-state index is -0.0390. The van der Waals surface area contributed by atoms with Crippen molar-refractivity contribution in [2.24, 2.45) is 5.41 Å². The first-order chi connectivity index (χ1) is 8.06. The Morgan fingerprint density at radius 2 is 2.00 bits per heavy atom. The number of nitrogens with one attached hydrogen (secondary N) is 1. The number of aryl methyl sites for hydroxylation is 1. The zero-order chi connectivity index (χ0) is 12.9. The Morgan fingerprint density at radius 1 is 1.35 bits per heavy atom. The lowest BCUT2D eigenvalue weighted by atomic mass is 9.83. The molecule has 0 aliphatic carbocycles. The molecular formula is C13H21BrN2O. The van der Waals surface area contributed by atoms with E-state index >= 15 is 0 Å². The first-order valence-electron chi connectivity index (χ1n) is 6.05. The van der Waals surface area contributed by atoms with Gasteiger partial charge in [-0.25, -0.2) is 4.98 Å². The summed E-state index contributed by atoms with van der Waals surface area (Å²) in [6, 6.07) is 3.94. The molecule has 0 fully saturated rings. The summed E-state index contributed by atoms with van der Waals surface area (Å²) in [5.41, 5.74) is 0.931. The van der Waals surface area contributed by atoms with Crippen LogP contribution in [0.5, 0.6) is 0 Å². The Bertz CT molecular complexity index is 356. The summed E-state index contributed by atoms with van der Waals surface area (Å²) in [5.74, 6) is 0.866. The zero-order valence-corrected chi connectivity index (χ0v) is 12.3. The standard InChI is InChI=1S/C13H21BrN2O/c1-4-13(5-2,9-17)8-15-12-7-6-11(14)10(3)16-12/h6-7,17H,4-5,8-9H2,1-3H3,(H,15,16). The van der Waals surface area contributed by atoms with E-state index in [0.717, 1.165) is 35.4 Å². The Morgan fingerprint density at radius 3 is 2.47 bits per heavy atom. The molecule has 1 aromatic rings. The van der Waals surface area contributed by atoms with Gasteiger partial charge in [0.25, 0.3) is 0 Å². The Kier molecular flexibility index (Phi) is 5.40. The summed E-state index contributed by atoms with van der Waals surface area (Å²) < 4.78 is 1.02. The smallest absolute Gasteiger partial charge is 0.126 e. The normalized spacial score (nSPS) is 11.6. The van der Waals surface area contributed by atoms with Gasteiger partial charge < -0.3 is 10.4 Å². The van der Waals surface area contributed by atoms with E-state index in [0.29, 0.717) is 0 Å². The van der Waals surface area contributed by atoms with Crippen LogP contribution in [0.4, 0.5) is 5.82 Å². The van der Waals surface area contributed by atoms with Crippen molar-refractivity contribution in [2.45, 2.75) is 33.6 Å². The van der Waals surface area contributed by atoms with Crippen molar-refractivity contribution >= 4 is 21.7 Å². The van der Waals surface area contributed by atoms with Gasteiger partial charge >= 0.3 is 0 Å². The van der Waals surface area contributed by atoms with Gasteiger partial charge in [0, 0.05) is 16.4 Å². The molecule has 1 aromatic heterocycles. The van der Waals surface area contributed by atoms with Crippen molar-refractivity contribution in [3.05, 3.63) is 22.3 Å². The summed E-state index contributed by atoms with van der Waals surface area (Å²) in [4.78, 5) is 4.44. The summed E-state index contributed by atoms with van der Waals surface area (Å²) in [7, 11) is 0. The molecule has 4 heteroatoms. The highest BCUT2D eigenvalue weighted by atomic mass is 79.9. The molecule has 0 bridgehead atoms. The highest BCUT2D eigenvalue weighted by Gasteiger charge is 2.24. The third-order valence-corrected chi connectivity index (χ3v) is 4.34. The number of halogens is 1. The largest absolute Gasteiger partial charge is 0.396 e. The van der Waals surface area contributed by atoms with Gasteiger partial charge in [0.1, 0.15) is 5.82 Å². The van der Waals surface area contributed by atoms with Gasteiger partial charge in [0.05, 0.1) is 12.3 Å². The SMILES string of the molecule is CCC(CC)(CO)CNc1ccc(Br)c(C)n1. The summed E-state index contributed by atoms with van der Waals surface area (Å²) in [6.07, 6.45) is 1.92. The average molecular weight is 301 g/mol. The lowest BCUT2D eigenvalue weighted by Gasteiger charge is -2.29. The van der Waals surface area contributed by atoms with Crippen LogP contribution in [0.15, 0.2) is 16.6 Å². The van der Waals surface area contributed by atoms with Crippen molar-refractivity contribution in [2.75, 3.05) is 18.5 Å². The van der Waals surface area contributed by atoms with E-state index in [1.165, 1.54) is 0 Å². The number of anilines is 1. The van der Waals surface area contributed by atoms with Gasteiger partial charge in [-0.2, -0.15) is 0 Å². The monoisotopic (exact) mass is 300 g/mol. The first-order valence-corrected chi connectivity index (χ1v) is 6.84. The molecule has 1 rings (SSSR count). The highest BCUT2D eigenvalue weighted by molar-refractivity contribution is 9.10. The molecule has 96 valence electrons. The number of pyridine rings is 1. The lowest BCUT2D eigenvalue weighted by Crippen LogP contribution is -2.32. The maximum atomic E-state index is 9.49. The van der Waals surface area contributed by atoms with E-state index < -0.39 is 0 Å². The predicted octanol–water partition coefficient (Wildman–Crippen LogP) is 3.36. The Hall–Kier alpha value is -0.610. The maximum Gasteiger partial charge on any atom is 0.126 e. The summed E-state index contributed by atoms with van der Waals surface area (Å²) in [5, 5.41) is 12.8. The molecule has 0 unspecified atom stereocenters. The highest BCUT2D eigenvalue weighted by Crippen LogP contribution is 2.26. The molecule has 0 saturated carbocycles. The Balaban J connectivity index is 2.68. The van der Waals surface area contributed by atoms with Gasteiger partial charge in [0.2, 0.25) is 0 Å². The van der Waals surface area contributed by atoms with Crippen molar-refractivity contribution in [1.82, 2.24) is 4.98 Å². The molecule has 0 saturated heterocycles. The number of hydrogen-bond acceptors (Lipinski definition) is 3. The van der Waals surface area contributed by atoms with Crippen LogP contribution in [0.3, 0.4) is 0 Å². The molecule has 2 N–H and O–H groups in total. The van der Waals surface area contributed by atoms with Gasteiger partial charge in [0.15, 0.2) is 0 Å². The molecule has 0 radical (unpaired) electrons. The average Bonchev–Trinajstić information content (AvgIpc) is 2.36.